The lowest BCUT2D eigenvalue weighted by atomic mass is 10.2. The minimum atomic E-state index is 0.213. The minimum Gasteiger partial charge on any atom is -0.383 e. The van der Waals surface area contributed by atoms with E-state index in [9.17, 15) is 0 Å². The van der Waals surface area contributed by atoms with Crippen LogP contribution in [0.4, 0.5) is 5.69 Å². The number of hydrogen-bond acceptors (Lipinski definition) is 2. The van der Waals surface area contributed by atoms with E-state index >= 15 is 0 Å². The highest BCUT2D eigenvalue weighted by molar-refractivity contribution is 7.80. The first kappa shape index (κ1) is 15.9. The number of nitrogens with zero attached hydrogens (tertiary/aromatic N) is 1. The van der Waals surface area contributed by atoms with E-state index in [4.69, 9.17) is 17.0 Å². The van der Waals surface area contributed by atoms with Crippen molar-refractivity contribution in [1.29, 1.82) is 0 Å². The Morgan fingerprint density at radius 3 is 2.63 bits per heavy atom. The number of hydrogen-bond donors (Lipinski definition) is 1. The van der Waals surface area contributed by atoms with Crippen molar-refractivity contribution in [3.05, 3.63) is 30.3 Å². The number of anilines is 1. The summed E-state index contributed by atoms with van der Waals surface area (Å²) in [5.74, 6) is 0. The third-order valence-electron chi connectivity index (χ3n) is 2.83. The Kier molecular flexibility index (Phi) is 7.45. The molecular weight excluding hydrogens is 256 g/mol. The molecule has 0 aliphatic carbocycles. The van der Waals surface area contributed by atoms with Crippen molar-refractivity contribution in [2.24, 2.45) is 0 Å². The van der Waals surface area contributed by atoms with Gasteiger partial charge >= 0.3 is 0 Å². The topological polar surface area (TPSA) is 24.5 Å². The monoisotopic (exact) mass is 280 g/mol. The van der Waals surface area contributed by atoms with Crippen LogP contribution in [0.15, 0.2) is 30.3 Å². The molecule has 3 nitrogen and oxygen atoms in total. The van der Waals surface area contributed by atoms with Gasteiger partial charge in [0.05, 0.1) is 6.61 Å². The summed E-state index contributed by atoms with van der Waals surface area (Å²) in [7, 11) is 1.70. The van der Waals surface area contributed by atoms with Crippen molar-refractivity contribution in [2.75, 3.05) is 25.2 Å². The van der Waals surface area contributed by atoms with Crippen LogP contribution in [-0.2, 0) is 4.74 Å². The van der Waals surface area contributed by atoms with Crippen LogP contribution in [0.25, 0.3) is 0 Å². The molecule has 0 heterocycles. The summed E-state index contributed by atoms with van der Waals surface area (Å²) in [6.45, 7) is 5.84. The number of ether oxygens (including phenoxy) is 1. The molecule has 1 N–H and O–H groups in total. The van der Waals surface area contributed by atoms with E-state index in [1.54, 1.807) is 7.11 Å². The molecule has 0 aliphatic rings. The molecule has 4 heteroatoms. The Hall–Kier alpha value is -1.13. The summed E-state index contributed by atoms with van der Waals surface area (Å²) in [4.78, 5) is 2.16. The highest BCUT2D eigenvalue weighted by Crippen LogP contribution is 2.14. The summed E-state index contributed by atoms with van der Waals surface area (Å²) < 4.78 is 5.13. The number of unbranched alkanes of at least 4 members (excludes halogenated alkanes) is 1. The Morgan fingerprint density at radius 2 is 2.05 bits per heavy atom. The lowest BCUT2D eigenvalue weighted by Crippen LogP contribution is -2.45. The SMILES string of the molecule is CCCCN(C(=S)NC(C)COC)c1ccccc1. The molecule has 1 atom stereocenters. The van der Waals surface area contributed by atoms with Crippen molar-refractivity contribution >= 4 is 23.0 Å². The van der Waals surface area contributed by atoms with Crippen LogP contribution in [0.2, 0.25) is 0 Å². The van der Waals surface area contributed by atoms with Gasteiger partial charge in [-0.25, -0.2) is 0 Å². The maximum absolute atomic E-state index is 5.52. The van der Waals surface area contributed by atoms with E-state index in [-0.39, 0.29) is 6.04 Å². The average molecular weight is 280 g/mol. The normalized spacial score (nSPS) is 11.9. The van der Waals surface area contributed by atoms with Gasteiger partial charge in [-0.2, -0.15) is 0 Å². The lowest BCUT2D eigenvalue weighted by Gasteiger charge is -2.28. The molecule has 0 spiro atoms. The second-order valence-corrected chi connectivity index (χ2v) is 5.03. The van der Waals surface area contributed by atoms with Gasteiger partial charge in [-0.3, -0.25) is 0 Å². The number of thiocarbonyl (C=S) groups is 1. The van der Waals surface area contributed by atoms with E-state index in [1.165, 1.54) is 0 Å². The summed E-state index contributed by atoms with van der Waals surface area (Å²) in [6.07, 6.45) is 2.27. The molecule has 0 saturated heterocycles. The molecule has 19 heavy (non-hydrogen) atoms. The fourth-order valence-corrected chi connectivity index (χ4v) is 2.25. The van der Waals surface area contributed by atoms with Gasteiger partial charge in [0.1, 0.15) is 0 Å². The van der Waals surface area contributed by atoms with Crippen LogP contribution in [0.3, 0.4) is 0 Å². The molecule has 0 aromatic heterocycles. The maximum Gasteiger partial charge on any atom is 0.173 e. The van der Waals surface area contributed by atoms with Gasteiger partial charge in [-0.05, 0) is 37.7 Å². The fraction of sp³-hybridized carbons (Fsp3) is 0.533. The zero-order chi connectivity index (χ0) is 14.1. The summed E-state index contributed by atoms with van der Waals surface area (Å²) in [5.41, 5.74) is 1.14. The molecule has 0 aliphatic heterocycles. The standard InChI is InChI=1S/C15H24N2OS/c1-4-5-11-17(14-9-7-6-8-10-14)15(19)16-13(2)12-18-3/h6-10,13H,4-5,11-12H2,1-3H3,(H,16,19). The Balaban J connectivity index is 2.71. The van der Waals surface area contributed by atoms with Crippen LogP contribution < -0.4 is 10.2 Å². The molecule has 0 bridgehead atoms. The van der Waals surface area contributed by atoms with Crippen LogP contribution in [0.5, 0.6) is 0 Å². The third kappa shape index (κ3) is 5.57. The fourth-order valence-electron chi connectivity index (χ4n) is 1.85. The molecule has 0 fully saturated rings. The van der Waals surface area contributed by atoms with Crippen molar-refractivity contribution in [2.45, 2.75) is 32.7 Å². The van der Waals surface area contributed by atoms with Crippen molar-refractivity contribution < 1.29 is 4.74 Å². The number of rotatable bonds is 7. The first-order chi connectivity index (χ1) is 9.19. The van der Waals surface area contributed by atoms with Gasteiger partial charge in [0, 0.05) is 25.4 Å². The summed E-state index contributed by atoms with van der Waals surface area (Å²) >= 11 is 5.52. The third-order valence-corrected chi connectivity index (χ3v) is 3.17. The smallest absolute Gasteiger partial charge is 0.173 e. The van der Waals surface area contributed by atoms with E-state index in [2.05, 4.69) is 36.2 Å². The van der Waals surface area contributed by atoms with Crippen LogP contribution in [0, 0.1) is 0 Å². The van der Waals surface area contributed by atoms with Crippen molar-refractivity contribution in [3.63, 3.8) is 0 Å². The predicted molar refractivity (Wildman–Crippen MR) is 85.8 cm³/mol. The van der Waals surface area contributed by atoms with Crippen LogP contribution in [0.1, 0.15) is 26.7 Å². The average Bonchev–Trinajstić information content (AvgIpc) is 2.40. The van der Waals surface area contributed by atoms with E-state index in [1.807, 2.05) is 18.2 Å². The number of methoxy groups -OCH3 is 1. The van der Waals surface area contributed by atoms with Gasteiger partial charge in [0.25, 0.3) is 0 Å². The molecule has 0 radical (unpaired) electrons. The molecular formula is C15H24N2OS. The van der Waals surface area contributed by atoms with Crippen molar-refractivity contribution in [3.8, 4) is 0 Å². The van der Waals surface area contributed by atoms with E-state index < -0.39 is 0 Å². The Labute approximate surface area is 121 Å². The Morgan fingerprint density at radius 1 is 1.37 bits per heavy atom. The second kappa shape index (κ2) is 8.88. The largest absolute Gasteiger partial charge is 0.383 e. The van der Waals surface area contributed by atoms with Gasteiger partial charge in [-0.1, -0.05) is 31.5 Å². The molecule has 1 aromatic rings. The highest BCUT2D eigenvalue weighted by Gasteiger charge is 2.13. The summed E-state index contributed by atoms with van der Waals surface area (Å²) in [6, 6.07) is 10.5. The van der Waals surface area contributed by atoms with Crippen molar-refractivity contribution in [1.82, 2.24) is 5.32 Å². The molecule has 1 aromatic carbocycles. The summed E-state index contributed by atoms with van der Waals surface area (Å²) in [5, 5.41) is 4.09. The molecule has 106 valence electrons. The lowest BCUT2D eigenvalue weighted by molar-refractivity contribution is 0.179. The minimum absolute atomic E-state index is 0.213. The van der Waals surface area contributed by atoms with E-state index in [0.29, 0.717) is 6.61 Å². The van der Waals surface area contributed by atoms with Crippen LogP contribution >= 0.6 is 12.2 Å². The predicted octanol–water partition coefficient (Wildman–Crippen LogP) is 3.20. The number of benzene rings is 1. The first-order valence-corrected chi connectivity index (χ1v) is 7.21. The molecule has 0 amide bonds. The van der Waals surface area contributed by atoms with Gasteiger partial charge in [0.15, 0.2) is 5.11 Å². The quantitative estimate of drug-likeness (QED) is 0.775. The van der Waals surface area contributed by atoms with Gasteiger partial charge < -0.3 is 15.0 Å². The van der Waals surface area contributed by atoms with E-state index in [0.717, 1.165) is 30.2 Å². The van der Waals surface area contributed by atoms with Gasteiger partial charge in [-0.15, -0.1) is 0 Å². The second-order valence-electron chi connectivity index (χ2n) is 4.65. The zero-order valence-electron chi connectivity index (χ0n) is 12.1. The molecule has 1 unspecified atom stereocenters. The first-order valence-electron chi connectivity index (χ1n) is 6.81. The zero-order valence-corrected chi connectivity index (χ0v) is 12.9. The molecule has 0 saturated carbocycles. The maximum atomic E-state index is 5.52. The molecule has 1 rings (SSSR count). The van der Waals surface area contributed by atoms with Gasteiger partial charge in [0.2, 0.25) is 0 Å². The number of nitrogens with one attached hydrogen (secondary N) is 1. The number of para-hydroxylation sites is 1. The Bertz CT molecular complexity index is 370. The highest BCUT2D eigenvalue weighted by atomic mass is 32.1. The van der Waals surface area contributed by atoms with Crippen LogP contribution in [-0.4, -0.2) is 31.4 Å².